The number of nitrogens with one attached hydrogen (secondary N) is 1. The third-order valence-electron chi connectivity index (χ3n) is 2.70. The molecule has 0 amide bonds. The number of H-pyrrole nitrogens is 1. The first-order valence-electron chi connectivity index (χ1n) is 5.80. The summed E-state index contributed by atoms with van der Waals surface area (Å²) in [5.74, 6) is -0.0935. The minimum Gasteiger partial charge on any atom is -0.342 e. The smallest absolute Gasteiger partial charge is 0.305 e. The van der Waals surface area contributed by atoms with E-state index in [1.807, 2.05) is 0 Å². The molecule has 100 valence electrons. The van der Waals surface area contributed by atoms with E-state index in [1.165, 1.54) is 12.1 Å². The normalized spacial score (nSPS) is 10.6. The van der Waals surface area contributed by atoms with Gasteiger partial charge in [-0.05, 0) is 25.1 Å². The van der Waals surface area contributed by atoms with Crippen LogP contribution in [0, 0.1) is 15.9 Å². The van der Waals surface area contributed by atoms with Gasteiger partial charge in [0.2, 0.25) is 5.82 Å². The zero-order valence-electron chi connectivity index (χ0n) is 10.1. The van der Waals surface area contributed by atoms with Crippen LogP contribution in [-0.2, 0) is 6.42 Å². The van der Waals surface area contributed by atoms with Crippen molar-refractivity contribution in [2.24, 2.45) is 5.73 Å². The van der Waals surface area contributed by atoms with Gasteiger partial charge >= 0.3 is 5.69 Å². The van der Waals surface area contributed by atoms with Gasteiger partial charge in [-0.25, -0.2) is 4.98 Å². The van der Waals surface area contributed by atoms with Crippen LogP contribution < -0.4 is 5.73 Å². The molecular weight excluding hydrogens is 251 g/mol. The highest BCUT2D eigenvalue weighted by atomic mass is 19.1. The van der Waals surface area contributed by atoms with Crippen LogP contribution in [-0.4, -0.2) is 21.4 Å². The second kappa shape index (κ2) is 5.57. The van der Waals surface area contributed by atoms with Crippen LogP contribution in [0.25, 0.3) is 11.3 Å². The molecule has 0 atom stereocenters. The number of rotatable bonds is 5. The highest BCUT2D eigenvalue weighted by molar-refractivity contribution is 5.62. The molecule has 0 fully saturated rings. The molecule has 1 aromatic carbocycles. The Kier molecular flexibility index (Phi) is 3.86. The summed E-state index contributed by atoms with van der Waals surface area (Å²) in [5, 5.41) is 10.7. The van der Waals surface area contributed by atoms with Crippen molar-refractivity contribution in [3.8, 4) is 11.3 Å². The van der Waals surface area contributed by atoms with Gasteiger partial charge in [0.15, 0.2) is 0 Å². The second-order valence-electron chi connectivity index (χ2n) is 4.06. The molecule has 2 rings (SSSR count). The average molecular weight is 264 g/mol. The van der Waals surface area contributed by atoms with Crippen molar-refractivity contribution in [3.63, 3.8) is 0 Å². The van der Waals surface area contributed by atoms with E-state index >= 15 is 0 Å². The van der Waals surface area contributed by atoms with E-state index in [1.54, 1.807) is 6.20 Å². The van der Waals surface area contributed by atoms with E-state index in [0.29, 0.717) is 24.2 Å². The van der Waals surface area contributed by atoms with Gasteiger partial charge in [0.1, 0.15) is 5.82 Å². The average Bonchev–Trinajstić information content (AvgIpc) is 2.85. The second-order valence-corrected chi connectivity index (χ2v) is 4.06. The number of aryl methyl sites for hydroxylation is 1. The molecule has 19 heavy (non-hydrogen) atoms. The van der Waals surface area contributed by atoms with Crippen molar-refractivity contribution >= 4 is 5.69 Å². The molecular formula is C12H13FN4O2. The minimum absolute atomic E-state index is 0.527. The maximum Gasteiger partial charge on any atom is 0.305 e. The van der Waals surface area contributed by atoms with Crippen LogP contribution >= 0.6 is 0 Å². The summed E-state index contributed by atoms with van der Waals surface area (Å²) in [6.07, 6.45) is 3.08. The molecule has 0 unspecified atom stereocenters. The van der Waals surface area contributed by atoms with E-state index < -0.39 is 16.4 Å². The Hall–Kier alpha value is -2.28. The first kappa shape index (κ1) is 13.2. The van der Waals surface area contributed by atoms with Gasteiger partial charge in [-0.2, -0.15) is 4.39 Å². The number of nitro groups is 1. The number of hydrogen-bond donors (Lipinski definition) is 2. The number of hydrogen-bond acceptors (Lipinski definition) is 4. The number of imidazole rings is 1. The van der Waals surface area contributed by atoms with Crippen molar-refractivity contribution in [2.45, 2.75) is 12.8 Å². The lowest BCUT2D eigenvalue weighted by atomic mass is 10.1. The first-order chi connectivity index (χ1) is 9.11. The van der Waals surface area contributed by atoms with E-state index in [4.69, 9.17) is 5.73 Å². The van der Waals surface area contributed by atoms with Crippen molar-refractivity contribution in [1.29, 1.82) is 0 Å². The van der Waals surface area contributed by atoms with Crippen molar-refractivity contribution in [2.75, 3.05) is 6.54 Å². The quantitative estimate of drug-likeness (QED) is 0.637. The van der Waals surface area contributed by atoms with Crippen molar-refractivity contribution in [1.82, 2.24) is 9.97 Å². The van der Waals surface area contributed by atoms with Gasteiger partial charge in [-0.3, -0.25) is 10.1 Å². The zero-order chi connectivity index (χ0) is 13.8. The fourth-order valence-electron chi connectivity index (χ4n) is 1.73. The third kappa shape index (κ3) is 2.94. The van der Waals surface area contributed by atoms with Crippen LogP contribution in [0.5, 0.6) is 0 Å². The summed E-state index contributed by atoms with van der Waals surface area (Å²) in [6, 6.07) is 3.74. The Morgan fingerprint density at radius 2 is 2.26 bits per heavy atom. The molecule has 3 N–H and O–H groups in total. The van der Waals surface area contributed by atoms with Gasteiger partial charge in [0.05, 0.1) is 16.8 Å². The minimum atomic E-state index is -0.850. The zero-order valence-corrected chi connectivity index (χ0v) is 10.1. The highest BCUT2D eigenvalue weighted by Crippen LogP contribution is 2.25. The summed E-state index contributed by atoms with van der Waals surface area (Å²) < 4.78 is 13.2. The monoisotopic (exact) mass is 264 g/mol. The summed E-state index contributed by atoms with van der Waals surface area (Å²) in [4.78, 5) is 17.1. The molecule has 0 radical (unpaired) electrons. The van der Waals surface area contributed by atoms with Crippen LogP contribution in [0.3, 0.4) is 0 Å². The Balaban J connectivity index is 2.29. The van der Waals surface area contributed by atoms with E-state index in [2.05, 4.69) is 9.97 Å². The summed E-state index contributed by atoms with van der Waals surface area (Å²) >= 11 is 0. The van der Waals surface area contributed by atoms with Crippen molar-refractivity contribution < 1.29 is 9.31 Å². The fraction of sp³-hybridized carbons (Fsp3) is 0.250. The highest BCUT2D eigenvalue weighted by Gasteiger charge is 2.15. The molecule has 0 aliphatic rings. The van der Waals surface area contributed by atoms with Crippen LogP contribution in [0.2, 0.25) is 0 Å². The SMILES string of the molecule is NCCCc1ncc(-c2ccc(F)c([N+](=O)[O-])c2)[nH]1. The Labute approximate surface area is 108 Å². The maximum atomic E-state index is 13.2. The summed E-state index contributed by atoms with van der Waals surface area (Å²) in [7, 11) is 0. The fourth-order valence-corrected chi connectivity index (χ4v) is 1.73. The Morgan fingerprint density at radius 3 is 2.95 bits per heavy atom. The molecule has 0 saturated carbocycles. The van der Waals surface area contributed by atoms with E-state index in [-0.39, 0.29) is 0 Å². The van der Waals surface area contributed by atoms with Gasteiger partial charge in [0, 0.05) is 18.1 Å². The number of halogens is 1. The molecule has 2 aromatic rings. The Bertz CT molecular complexity index is 597. The van der Waals surface area contributed by atoms with Crippen LogP contribution in [0.15, 0.2) is 24.4 Å². The molecule has 0 spiro atoms. The molecule has 6 nitrogen and oxygen atoms in total. The van der Waals surface area contributed by atoms with Gasteiger partial charge < -0.3 is 10.7 Å². The van der Waals surface area contributed by atoms with Gasteiger partial charge in [0.25, 0.3) is 0 Å². The lowest BCUT2D eigenvalue weighted by Crippen LogP contribution is -2.01. The van der Waals surface area contributed by atoms with E-state index in [0.717, 1.165) is 18.3 Å². The number of aromatic nitrogens is 2. The topological polar surface area (TPSA) is 97.8 Å². The van der Waals surface area contributed by atoms with Gasteiger partial charge in [-0.15, -0.1) is 0 Å². The molecule has 0 aliphatic heterocycles. The third-order valence-corrected chi connectivity index (χ3v) is 2.70. The predicted molar refractivity (Wildman–Crippen MR) is 68.0 cm³/mol. The van der Waals surface area contributed by atoms with Crippen LogP contribution in [0.1, 0.15) is 12.2 Å². The lowest BCUT2D eigenvalue weighted by Gasteiger charge is -1.99. The maximum absolute atomic E-state index is 13.2. The molecule has 7 heteroatoms. The predicted octanol–water partition coefficient (Wildman–Crippen LogP) is 2.02. The number of benzene rings is 1. The van der Waals surface area contributed by atoms with E-state index in [9.17, 15) is 14.5 Å². The first-order valence-corrected chi connectivity index (χ1v) is 5.80. The molecule has 0 saturated heterocycles. The summed E-state index contributed by atoms with van der Waals surface area (Å²) in [6.45, 7) is 0.568. The lowest BCUT2D eigenvalue weighted by molar-refractivity contribution is -0.387. The number of aromatic amines is 1. The molecule has 0 bridgehead atoms. The standard InChI is InChI=1S/C12H13FN4O2/c13-9-4-3-8(6-11(9)17(18)19)10-7-15-12(16-10)2-1-5-14/h3-4,6-7H,1-2,5,14H2,(H,15,16). The van der Waals surface area contributed by atoms with Crippen molar-refractivity contribution in [3.05, 3.63) is 46.2 Å². The number of nitrogens with two attached hydrogens (primary N) is 1. The largest absolute Gasteiger partial charge is 0.342 e. The summed E-state index contributed by atoms with van der Waals surface area (Å²) in [5.41, 5.74) is 6.01. The van der Waals surface area contributed by atoms with Gasteiger partial charge in [-0.1, -0.05) is 0 Å². The number of nitro benzene ring substituents is 1. The molecule has 1 aromatic heterocycles. The van der Waals surface area contributed by atoms with Crippen LogP contribution in [0.4, 0.5) is 10.1 Å². The Morgan fingerprint density at radius 1 is 1.47 bits per heavy atom. The number of nitrogens with zero attached hydrogens (tertiary/aromatic N) is 2. The molecule has 1 heterocycles. The molecule has 0 aliphatic carbocycles.